The van der Waals surface area contributed by atoms with Gasteiger partial charge in [0.05, 0.1) is 20.3 Å². The SMILES string of the molecule is COc1cc(=O)n(CC(=O)N2CCOCC2)nc1-c1ccc(Cl)cc1. The third kappa shape index (κ3) is 4.00. The first-order valence-corrected chi connectivity index (χ1v) is 8.24. The number of amides is 1. The number of carbonyl (C=O) groups excluding carboxylic acids is 1. The molecule has 25 heavy (non-hydrogen) atoms. The Morgan fingerprint density at radius 1 is 1.28 bits per heavy atom. The predicted molar refractivity (Wildman–Crippen MR) is 92.9 cm³/mol. The Labute approximate surface area is 149 Å². The van der Waals surface area contributed by atoms with Crippen molar-refractivity contribution in [3.8, 4) is 17.0 Å². The van der Waals surface area contributed by atoms with Gasteiger partial charge in [0, 0.05) is 29.7 Å². The fraction of sp³-hybridized carbons (Fsp3) is 0.353. The van der Waals surface area contributed by atoms with Crippen molar-refractivity contribution in [2.45, 2.75) is 6.54 Å². The van der Waals surface area contributed by atoms with Gasteiger partial charge in [-0.05, 0) is 12.1 Å². The molecule has 0 radical (unpaired) electrons. The highest BCUT2D eigenvalue weighted by Gasteiger charge is 2.19. The van der Waals surface area contributed by atoms with E-state index in [1.807, 2.05) is 0 Å². The summed E-state index contributed by atoms with van der Waals surface area (Å²) in [4.78, 5) is 26.3. The summed E-state index contributed by atoms with van der Waals surface area (Å²) in [6.45, 7) is 1.93. The molecule has 0 unspecified atom stereocenters. The Kier molecular flexibility index (Phi) is 5.35. The van der Waals surface area contributed by atoms with Gasteiger partial charge < -0.3 is 14.4 Å². The van der Waals surface area contributed by atoms with E-state index >= 15 is 0 Å². The van der Waals surface area contributed by atoms with Crippen molar-refractivity contribution in [3.05, 3.63) is 45.7 Å². The van der Waals surface area contributed by atoms with Gasteiger partial charge in [-0.3, -0.25) is 9.59 Å². The summed E-state index contributed by atoms with van der Waals surface area (Å²) in [7, 11) is 1.47. The van der Waals surface area contributed by atoms with Gasteiger partial charge in [0.2, 0.25) is 5.91 Å². The van der Waals surface area contributed by atoms with E-state index in [4.69, 9.17) is 21.1 Å². The van der Waals surface area contributed by atoms with Crippen LogP contribution in [-0.4, -0.2) is 54.0 Å². The summed E-state index contributed by atoms with van der Waals surface area (Å²) in [6, 6.07) is 8.36. The van der Waals surface area contributed by atoms with Crippen LogP contribution in [0.4, 0.5) is 0 Å². The second kappa shape index (κ2) is 7.67. The highest BCUT2D eigenvalue weighted by atomic mass is 35.5. The minimum atomic E-state index is -0.392. The Morgan fingerprint density at radius 3 is 2.60 bits per heavy atom. The quantitative estimate of drug-likeness (QED) is 0.821. The molecule has 0 spiro atoms. The van der Waals surface area contributed by atoms with Crippen molar-refractivity contribution < 1.29 is 14.3 Å². The maximum atomic E-state index is 12.4. The molecular weight excluding hydrogens is 346 g/mol. The van der Waals surface area contributed by atoms with Crippen LogP contribution in [-0.2, 0) is 16.1 Å². The van der Waals surface area contributed by atoms with Gasteiger partial charge >= 0.3 is 0 Å². The van der Waals surface area contributed by atoms with E-state index in [-0.39, 0.29) is 12.5 Å². The van der Waals surface area contributed by atoms with Crippen molar-refractivity contribution in [1.29, 1.82) is 0 Å². The molecule has 2 aromatic rings. The molecule has 132 valence electrons. The Morgan fingerprint density at radius 2 is 1.96 bits per heavy atom. The number of methoxy groups -OCH3 is 1. The van der Waals surface area contributed by atoms with Gasteiger partial charge in [0.1, 0.15) is 12.2 Å². The molecule has 8 heteroatoms. The molecule has 0 saturated carbocycles. The Hall–Kier alpha value is -2.38. The molecule has 1 aromatic heterocycles. The largest absolute Gasteiger partial charge is 0.494 e. The van der Waals surface area contributed by atoms with Gasteiger partial charge in [-0.2, -0.15) is 5.10 Å². The number of aromatic nitrogens is 2. The van der Waals surface area contributed by atoms with Gasteiger partial charge in [0.25, 0.3) is 5.56 Å². The second-order valence-electron chi connectivity index (χ2n) is 5.56. The maximum Gasteiger partial charge on any atom is 0.270 e. The molecule has 3 rings (SSSR count). The predicted octanol–water partition coefficient (Wildman–Crippen LogP) is 1.43. The van der Waals surface area contributed by atoms with Crippen LogP contribution in [0.5, 0.6) is 5.75 Å². The number of nitrogens with zero attached hydrogens (tertiary/aromatic N) is 3. The Bertz CT molecular complexity index is 814. The lowest BCUT2D eigenvalue weighted by Crippen LogP contribution is -2.43. The molecule has 0 N–H and O–H groups in total. The zero-order valence-corrected chi connectivity index (χ0v) is 14.5. The number of ether oxygens (including phenoxy) is 2. The van der Waals surface area contributed by atoms with E-state index < -0.39 is 5.56 Å². The molecule has 1 fully saturated rings. The number of rotatable bonds is 4. The zero-order valence-electron chi connectivity index (χ0n) is 13.8. The molecule has 1 aromatic carbocycles. The normalized spacial score (nSPS) is 14.4. The van der Waals surface area contributed by atoms with Crippen molar-refractivity contribution in [1.82, 2.24) is 14.7 Å². The van der Waals surface area contributed by atoms with E-state index in [0.717, 1.165) is 10.2 Å². The fourth-order valence-corrected chi connectivity index (χ4v) is 2.72. The molecule has 1 saturated heterocycles. The smallest absolute Gasteiger partial charge is 0.270 e. The summed E-state index contributed by atoms with van der Waals surface area (Å²) in [5.41, 5.74) is 0.832. The average molecular weight is 364 g/mol. The van der Waals surface area contributed by atoms with Crippen LogP contribution >= 0.6 is 11.6 Å². The van der Waals surface area contributed by atoms with Crippen LogP contribution in [0.2, 0.25) is 5.02 Å². The number of benzene rings is 1. The Balaban J connectivity index is 1.91. The molecule has 1 aliphatic heterocycles. The lowest BCUT2D eigenvalue weighted by molar-refractivity contribution is -0.136. The first-order valence-electron chi connectivity index (χ1n) is 7.86. The lowest BCUT2D eigenvalue weighted by atomic mass is 10.1. The maximum absolute atomic E-state index is 12.4. The molecule has 0 aliphatic carbocycles. The van der Waals surface area contributed by atoms with Crippen LogP contribution in [0.25, 0.3) is 11.3 Å². The van der Waals surface area contributed by atoms with Crippen LogP contribution in [0, 0.1) is 0 Å². The van der Waals surface area contributed by atoms with Gasteiger partial charge in [-0.25, -0.2) is 4.68 Å². The summed E-state index contributed by atoms with van der Waals surface area (Å²) in [6.07, 6.45) is 0. The number of morpholine rings is 1. The third-order valence-corrected chi connectivity index (χ3v) is 4.20. The first kappa shape index (κ1) is 17.4. The fourth-order valence-electron chi connectivity index (χ4n) is 2.59. The third-order valence-electron chi connectivity index (χ3n) is 3.95. The van der Waals surface area contributed by atoms with Gasteiger partial charge in [-0.1, -0.05) is 23.7 Å². The summed E-state index contributed by atoms with van der Waals surface area (Å²) >= 11 is 5.92. The highest BCUT2D eigenvalue weighted by Crippen LogP contribution is 2.27. The number of carbonyl (C=O) groups is 1. The molecule has 0 atom stereocenters. The number of hydrogen-bond donors (Lipinski definition) is 0. The van der Waals surface area contributed by atoms with E-state index in [1.54, 1.807) is 29.2 Å². The van der Waals surface area contributed by atoms with Crippen molar-refractivity contribution in [2.24, 2.45) is 0 Å². The monoisotopic (exact) mass is 363 g/mol. The molecule has 1 amide bonds. The molecule has 0 bridgehead atoms. The average Bonchev–Trinajstić information content (AvgIpc) is 2.64. The zero-order chi connectivity index (χ0) is 17.8. The summed E-state index contributed by atoms with van der Waals surface area (Å²) < 4.78 is 11.7. The van der Waals surface area contributed by atoms with Crippen molar-refractivity contribution in [3.63, 3.8) is 0 Å². The first-order chi connectivity index (χ1) is 12.1. The van der Waals surface area contributed by atoms with Crippen LogP contribution in [0.3, 0.4) is 0 Å². The topological polar surface area (TPSA) is 73.7 Å². The molecule has 1 aliphatic rings. The molecule has 2 heterocycles. The number of halogens is 1. The van der Waals surface area contributed by atoms with E-state index in [9.17, 15) is 9.59 Å². The molecule has 7 nitrogen and oxygen atoms in total. The second-order valence-corrected chi connectivity index (χ2v) is 5.99. The minimum absolute atomic E-state index is 0.122. The van der Waals surface area contributed by atoms with E-state index in [1.165, 1.54) is 13.2 Å². The number of hydrogen-bond acceptors (Lipinski definition) is 5. The van der Waals surface area contributed by atoms with Gasteiger partial charge in [0.15, 0.2) is 5.75 Å². The van der Waals surface area contributed by atoms with Gasteiger partial charge in [-0.15, -0.1) is 0 Å². The van der Waals surface area contributed by atoms with Crippen molar-refractivity contribution in [2.75, 3.05) is 33.4 Å². The summed E-state index contributed by atoms with van der Waals surface area (Å²) in [5, 5.41) is 4.93. The van der Waals surface area contributed by atoms with Crippen LogP contribution < -0.4 is 10.3 Å². The van der Waals surface area contributed by atoms with Crippen LogP contribution in [0.15, 0.2) is 35.1 Å². The van der Waals surface area contributed by atoms with E-state index in [2.05, 4.69) is 5.10 Å². The summed E-state index contributed by atoms with van der Waals surface area (Å²) in [5.74, 6) is 0.188. The lowest BCUT2D eigenvalue weighted by Gasteiger charge is -2.26. The van der Waals surface area contributed by atoms with Crippen LogP contribution in [0.1, 0.15) is 0 Å². The highest BCUT2D eigenvalue weighted by molar-refractivity contribution is 6.30. The van der Waals surface area contributed by atoms with Crippen molar-refractivity contribution >= 4 is 17.5 Å². The standard InChI is InChI=1S/C17H18ClN3O4/c1-24-14-10-15(22)21(11-16(23)20-6-8-25-9-7-20)19-17(14)12-2-4-13(18)5-3-12/h2-5,10H,6-9,11H2,1H3. The van der Waals surface area contributed by atoms with E-state index in [0.29, 0.717) is 42.8 Å². The minimum Gasteiger partial charge on any atom is -0.494 e. The molecular formula is C17H18ClN3O4.